The fourth-order valence-corrected chi connectivity index (χ4v) is 3.39. The third kappa shape index (κ3) is 3.55. The maximum absolute atomic E-state index is 12.7. The van der Waals surface area contributed by atoms with Crippen LogP contribution in [0.5, 0.6) is 0 Å². The Morgan fingerprint density at radius 2 is 2.12 bits per heavy atom. The highest BCUT2D eigenvalue weighted by Crippen LogP contribution is 2.34. The van der Waals surface area contributed by atoms with Crippen molar-refractivity contribution < 1.29 is 14.7 Å². The lowest BCUT2D eigenvalue weighted by molar-refractivity contribution is -0.146. The van der Waals surface area contributed by atoms with Gasteiger partial charge in [0.25, 0.3) is 5.91 Å². The maximum atomic E-state index is 12.7. The highest BCUT2D eigenvalue weighted by molar-refractivity contribution is 5.98. The van der Waals surface area contributed by atoms with E-state index < -0.39 is 11.5 Å². The van der Waals surface area contributed by atoms with Gasteiger partial charge in [0, 0.05) is 5.56 Å². The van der Waals surface area contributed by atoms with E-state index in [0.717, 1.165) is 19.3 Å². The van der Waals surface area contributed by atoms with Crippen LogP contribution >= 0.6 is 0 Å². The minimum absolute atomic E-state index is 0.376. The molecule has 1 aliphatic carbocycles. The molecule has 2 aromatic rings. The Hall–Kier alpha value is -2.70. The predicted molar refractivity (Wildman–Crippen MR) is 91.4 cm³/mol. The second kappa shape index (κ2) is 7.04. The van der Waals surface area contributed by atoms with E-state index in [9.17, 15) is 14.7 Å². The molecule has 1 aromatic heterocycles. The quantitative estimate of drug-likeness (QED) is 0.870. The number of amides is 1. The molecule has 1 amide bonds. The number of nitrogens with one attached hydrogen (secondary N) is 1. The largest absolute Gasteiger partial charge is 0.480 e. The Morgan fingerprint density at radius 1 is 1.36 bits per heavy atom. The van der Waals surface area contributed by atoms with Gasteiger partial charge in [0.15, 0.2) is 0 Å². The van der Waals surface area contributed by atoms with Gasteiger partial charge in [-0.1, -0.05) is 19.4 Å². The standard InChI is InChI=1S/C18H22N4O3/c1-2-13-6-8-18(9-7-13,17(24)25)21-16(23)14-4-3-5-15(10-14)22-12-19-11-20-22/h3-5,10-13H,2,6-9H2,1H3,(H,21,23)(H,24,25). The van der Waals surface area contributed by atoms with Gasteiger partial charge in [0.1, 0.15) is 18.2 Å². The van der Waals surface area contributed by atoms with Crippen LogP contribution in [-0.2, 0) is 4.79 Å². The monoisotopic (exact) mass is 342 g/mol. The number of aromatic nitrogens is 3. The smallest absolute Gasteiger partial charge is 0.329 e. The van der Waals surface area contributed by atoms with Crippen molar-refractivity contribution in [1.82, 2.24) is 20.1 Å². The number of hydrogen-bond donors (Lipinski definition) is 2. The molecule has 7 heteroatoms. The minimum atomic E-state index is -1.17. The zero-order chi connectivity index (χ0) is 17.9. The van der Waals surface area contributed by atoms with Crippen LogP contribution in [0.2, 0.25) is 0 Å². The van der Waals surface area contributed by atoms with Crippen LogP contribution in [0.25, 0.3) is 5.69 Å². The summed E-state index contributed by atoms with van der Waals surface area (Å²) in [7, 11) is 0. The Morgan fingerprint density at radius 3 is 2.72 bits per heavy atom. The van der Waals surface area contributed by atoms with Crippen molar-refractivity contribution in [3.8, 4) is 5.69 Å². The summed E-state index contributed by atoms with van der Waals surface area (Å²) >= 11 is 0. The topological polar surface area (TPSA) is 97.1 Å². The third-order valence-corrected chi connectivity index (χ3v) is 5.09. The molecule has 3 rings (SSSR count). The van der Waals surface area contributed by atoms with Gasteiger partial charge in [0.2, 0.25) is 0 Å². The van der Waals surface area contributed by atoms with Gasteiger partial charge < -0.3 is 10.4 Å². The Bertz CT molecular complexity index is 749. The predicted octanol–water partition coefficient (Wildman–Crippen LogP) is 2.42. The summed E-state index contributed by atoms with van der Waals surface area (Å²) in [5, 5.41) is 16.5. The second-order valence-corrected chi connectivity index (χ2v) is 6.58. The first-order valence-corrected chi connectivity index (χ1v) is 8.55. The molecule has 2 N–H and O–H groups in total. The van der Waals surface area contributed by atoms with E-state index in [4.69, 9.17) is 0 Å². The van der Waals surface area contributed by atoms with Gasteiger partial charge >= 0.3 is 5.97 Å². The second-order valence-electron chi connectivity index (χ2n) is 6.58. The first-order chi connectivity index (χ1) is 12.0. The number of carboxylic acids is 1. The number of aliphatic carboxylic acids is 1. The summed E-state index contributed by atoms with van der Waals surface area (Å²) in [6.07, 6.45) is 6.58. The van der Waals surface area contributed by atoms with Crippen LogP contribution in [0.15, 0.2) is 36.9 Å². The van der Waals surface area contributed by atoms with Gasteiger partial charge in [-0.15, -0.1) is 0 Å². The molecule has 0 unspecified atom stereocenters. The highest BCUT2D eigenvalue weighted by atomic mass is 16.4. The molecule has 25 heavy (non-hydrogen) atoms. The molecule has 0 aliphatic heterocycles. The molecular formula is C18H22N4O3. The third-order valence-electron chi connectivity index (χ3n) is 5.09. The molecule has 0 radical (unpaired) electrons. The fourth-order valence-electron chi connectivity index (χ4n) is 3.39. The molecule has 1 saturated carbocycles. The number of nitrogens with zero attached hydrogens (tertiary/aromatic N) is 3. The summed E-state index contributed by atoms with van der Waals surface area (Å²) < 4.78 is 1.55. The number of hydrogen-bond acceptors (Lipinski definition) is 4. The average molecular weight is 342 g/mol. The van der Waals surface area contributed by atoms with E-state index in [-0.39, 0.29) is 5.91 Å². The Balaban J connectivity index is 1.78. The van der Waals surface area contributed by atoms with Crippen molar-refractivity contribution in [2.24, 2.45) is 5.92 Å². The molecule has 1 aromatic carbocycles. The van der Waals surface area contributed by atoms with Crippen molar-refractivity contribution in [3.05, 3.63) is 42.5 Å². The first kappa shape index (κ1) is 17.1. The summed E-state index contributed by atoms with van der Waals surface area (Å²) in [4.78, 5) is 28.4. The van der Waals surface area contributed by atoms with Crippen LogP contribution in [0.1, 0.15) is 49.4 Å². The van der Waals surface area contributed by atoms with Crippen molar-refractivity contribution >= 4 is 11.9 Å². The van der Waals surface area contributed by atoms with E-state index in [1.807, 2.05) is 6.07 Å². The van der Waals surface area contributed by atoms with Crippen LogP contribution in [-0.4, -0.2) is 37.3 Å². The van der Waals surface area contributed by atoms with Gasteiger partial charge in [0.05, 0.1) is 5.69 Å². The first-order valence-electron chi connectivity index (χ1n) is 8.55. The number of carbonyl (C=O) groups is 2. The van der Waals surface area contributed by atoms with Crippen LogP contribution < -0.4 is 5.32 Å². The minimum Gasteiger partial charge on any atom is -0.480 e. The van der Waals surface area contributed by atoms with Crippen LogP contribution in [0, 0.1) is 5.92 Å². The maximum Gasteiger partial charge on any atom is 0.329 e. The zero-order valence-electron chi connectivity index (χ0n) is 14.2. The zero-order valence-corrected chi connectivity index (χ0v) is 14.2. The molecule has 1 heterocycles. The van der Waals surface area contributed by atoms with E-state index in [1.165, 1.54) is 6.33 Å². The van der Waals surface area contributed by atoms with Crippen molar-refractivity contribution in [1.29, 1.82) is 0 Å². The molecule has 1 aliphatic rings. The number of benzene rings is 1. The van der Waals surface area contributed by atoms with Gasteiger partial charge in [-0.05, 0) is 49.8 Å². The molecule has 0 saturated heterocycles. The molecule has 0 atom stereocenters. The van der Waals surface area contributed by atoms with E-state index in [1.54, 1.807) is 29.2 Å². The van der Waals surface area contributed by atoms with Gasteiger partial charge in [-0.2, -0.15) is 5.10 Å². The van der Waals surface area contributed by atoms with Gasteiger partial charge in [-0.25, -0.2) is 14.5 Å². The summed E-state index contributed by atoms with van der Waals surface area (Å²) in [5.74, 6) is -0.790. The Kier molecular flexibility index (Phi) is 4.83. The molecule has 132 valence electrons. The van der Waals surface area contributed by atoms with E-state index in [0.29, 0.717) is 30.0 Å². The molecule has 7 nitrogen and oxygen atoms in total. The molecule has 0 spiro atoms. The fraction of sp³-hybridized carbons (Fsp3) is 0.444. The number of rotatable bonds is 5. The lowest BCUT2D eigenvalue weighted by Gasteiger charge is -2.37. The van der Waals surface area contributed by atoms with Crippen molar-refractivity contribution in [3.63, 3.8) is 0 Å². The Labute approximate surface area is 146 Å². The highest BCUT2D eigenvalue weighted by Gasteiger charge is 2.43. The van der Waals surface area contributed by atoms with Crippen LogP contribution in [0.3, 0.4) is 0 Å². The van der Waals surface area contributed by atoms with E-state index in [2.05, 4.69) is 22.3 Å². The van der Waals surface area contributed by atoms with Gasteiger partial charge in [-0.3, -0.25) is 4.79 Å². The lowest BCUT2D eigenvalue weighted by atomic mass is 9.75. The van der Waals surface area contributed by atoms with Crippen molar-refractivity contribution in [2.75, 3.05) is 0 Å². The summed E-state index contributed by atoms with van der Waals surface area (Å²) in [6.45, 7) is 2.12. The average Bonchev–Trinajstić information content (AvgIpc) is 3.17. The SMILES string of the molecule is CCC1CCC(NC(=O)c2cccc(-n3cncn3)c2)(C(=O)O)CC1. The number of carbonyl (C=O) groups excluding carboxylic acids is 1. The molecule has 0 bridgehead atoms. The lowest BCUT2D eigenvalue weighted by Crippen LogP contribution is -2.56. The summed E-state index contributed by atoms with van der Waals surface area (Å²) in [6, 6.07) is 6.90. The summed E-state index contributed by atoms with van der Waals surface area (Å²) in [5.41, 5.74) is -0.0677. The van der Waals surface area contributed by atoms with Crippen LogP contribution in [0.4, 0.5) is 0 Å². The number of carboxylic acid groups (broad SMARTS) is 1. The van der Waals surface area contributed by atoms with Crippen molar-refractivity contribution in [2.45, 2.75) is 44.6 Å². The normalized spacial score (nSPS) is 23.2. The van der Waals surface area contributed by atoms with E-state index >= 15 is 0 Å². The molecular weight excluding hydrogens is 320 g/mol. The molecule has 1 fully saturated rings.